The number of hydrogen-bond acceptors (Lipinski definition) is 3. The van der Waals surface area contributed by atoms with Gasteiger partial charge in [0, 0.05) is 12.6 Å². The quantitative estimate of drug-likeness (QED) is 0.802. The molecule has 2 unspecified atom stereocenters. The van der Waals surface area contributed by atoms with E-state index in [1.54, 1.807) is 0 Å². The third-order valence-corrected chi connectivity index (χ3v) is 4.07. The number of rotatable bonds is 3. The monoisotopic (exact) mass is 227 g/mol. The van der Waals surface area contributed by atoms with Gasteiger partial charge in [-0.25, -0.2) is 0 Å². The van der Waals surface area contributed by atoms with E-state index in [4.69, 9.17) is 9.47 Å². The Morgan fingerprint density at radius 2 is 2.12 bits per heavy atom. The second kappa shape index (κ2) is 5.48. The third-order valence-electron chi connectivity index (χ3n) is 4.07. The van der Waals surface area contributed by atoms with Crippen molar-refractivity contribution in [1.82, 2.24) is 5.32 Å². The lowest BCUT2D eigenvalue weighted by Gasteiger charge is -2.40. The summed E-state index contributed by atoms with van der Waals surface area (Å²) in [4.78, 5) is 0. The summed E-state index contributed by atoms with van der Waals surface area (Å²) in [6, 6.07) is 0.660. The molecule has 94 valence electrons. The van der Waals surface area contributed by atoms with Crippen LogP contribution in [0.2, 0.25) is 0 Å². The Labute approximate surface area is 98.9 Å². The standard InChI is InChI=1S/C13H25NO2/c1-13(2)7-4-3-5-12(13)14-9-11-6-8-15-10-16-11/h11-12,14H,3-10H2,1-2H3. The van der Waals surface area contributed by atoms with E-state index in [-0.39, 0.29) is 0 Å². The molecule has 1 heterocycles. The third kappa shape index (κ3) is 3.19. The van der Waals surface area contributed by atoms with Crippen LogP contribution < -0.4 is 5.32 Å². The lowest BCUT2D eigenvalue weighted by molar-refractivity contribution is -0.138. The normalized spacial score (nSPS) is 34.9. The Morgan fingerprint density at radius 3 is 2.81 bits per heavy atom. The summed E-state index contributed by atoms with van der Waals surface area (Å²) in [6.07, 6.45) is 6.80. The smallest absolute Gasteiger partial charge is 0.147 e. The molecule has 1 aliphatic heterocycles. The molecule has 2 rings (SSSR count). The van der Waals surface area contributed by atoms with Gasteiger partial charge in [0.2, 0.25) is 0 Å². The molecule has 2 aliphatic rings. The first-order valence-electron chi connectivity index (χ1n) is 6.61. The molecule has 0 amide bonds. The first-order chi connectivity index (χ1) is 7.68. The van der Waals surface area contributed by atoms with E-state index in [2.05, 4.69) is 19.2 Å². The van der Waals surface area contributed by atoms with Gasteiger partial charge in [0.25, 0.3) is 0 Å². The molecule has 3 nitrogen and oxygen atoms in total. The maximum absolute atomic E-state index is 5.55. The molecular weight excluding hydrogens is 202 g/mol. The van der Waals surface area contributed by atoms with Crippen molar-refractivity contribution >= 4 is 0 Å². The van der Waals surface area contributed by atoms with Crippen LogP contribution in [0.1, 0.15) is 46.0 Å². The van der Waals surface area contributed by atoms with E-state index >= 15 is 0 Å². The Hall–Kier alpha value is -0.120. The molecule has 0 aromatic rings. The van der Waals surface area contributed by atoms with E-state index in [1.807, 2.05) is 0 Å². The molecule has 16 heavy (non-hydrogen) atoms. The lowest BCUT2D eigenvalue weighted by atomic mass is 9.73. The molecule has 3 heteroatoms. The van der Waals surface area contributed by atoms with Crippen molar-refractivity contribution in [2.24, 2.45) is 5.41 Å². The minimum atomic E-state index is 0.353. The first kappa shape index (κ1) is 12.3. The van der Waals surface area contributed by atoms with Crippen molar-refractivity contribution < 1.29 is 9.47 Å². The summed E-state index contributed by atoms with van der Waals surface area (Å²) in [5.41, 5.74) is 0.448. The van der Waals surface area contributed by atoms with Crippen LogP contribution in [0.3, 0.4) is 0 Å². The fourth-order valence-electron chi connectivity index (χ4n) is 2.81. The topological polar surface area (TPSA) is 30.5 Å². The largest absolute Gasteiger partial charge is 0.355 e. The van der Waals surface area contributed by atoms with Crippen molar-refractivity contribution in [3.63, 3.8) is 0 Å². The SMILES string of the molecule is CC1(C)CCCCC1NCC1CCOCO1. The van der Waals surface area contributed by atoms with E-state index < -0.39 is 0 Å². The molecule has 1 saturated heterocycles. The lowest BCUT2D eigenvalue weighted by Crippen LogP contribution is -2.47. The summed E-state index contributed by atoms with van der Waals surface area (Å²) in [6.45, 7) is 7.07. The van der Waals surface area contributed by atoms with E-state index in [0.717, 1.165) is 19.6 Å². The zero-order chi connectivity index (χ0) is 11.4. The Kier molecular flexibility index (Phi) is 4.22. The van der Waals surface area contributed by atoms with Crippen molar-refractivity contribution in [3.05, 3.63) is 0 Å². The zero-order valence-electron chi connectivity index (χ0n) is 10.6. The molecule has 2 atom stereocenters. The maximum Gasteiger partial charge on any atom is 0.147 e. The van der Waals surface area contributed by atoms with Gasteiger partial charge in [0.15, 0.2) is 0 Å². The molecule has 0 radical (unpaired) electrons. The highest BCUT2D eigenvalue weighted by molar-refractivity contribution is 4.88. The number of nitrogens with one attached hydrogen (secondary N) is 1. The maximum atomic E-state index is 5.55. The van der Waals surface area contributed by atoms with Gasteiger partial charge in [-0.15, -0.1) is 0 Å². The summed E-state index contributed by atoms with van der Waals surface area (Å²) in [5.74, 6) is 0. The van der Waals surface area contributed by atoms with Crippen molar-refractivity contribution in [3.8, 4) is 0 Å². The van der Waals surface area contributed by atoms with E-state index in [9.17, 15) is 0 Å². The average Bonchev–Trinajstić information content (AvgIpc) is 2.28. The highest BCUT2D eigenvalue weighted by Gasteiger charge is 2.32. The highest BCUT2D eigenvalue weighted by Crippen LogP contribution is 2.35. The Bertz CT molecular complexity index is 212. The summed E-state index contributed by atoms with van der Waals surface area (Å²) < 4.78 is 10.7. The van der Waals surface area contributed by atoms with Crippen LogP contribution in [0.25, 0.3) is 0 Å². The van der Waals surface area contributed by atoms with Gasteiger partial charge in [0.1, 0.15) is 6.79 Å². The molecule has 1 aliphatic carbocycles. The Balaban J connectivity index is 1.75. The van der Waals surface area contributed by atoms with Gasteiger partial charge in [-0.3, -0.25) is 0 Å². The highest BCUT2D eigenvalue weighted by atomic mass is 16.7. The van der Waals surface area contributed by atoms with Gasteiger partial charge in [-0.2, -0.15) is 0 Å². The van der Waals surface area contributed by atoms with Gasteiger partial charge in [-0.05, 0) is 24.7 Å². The molecular formula is C13H25NO2. The fourth-order valence-corrected chi connectivity index (χ4v) is 2.81. The van der Waals surface area contributed by atoms with Gasteiger partial charge in [0.05, 0.1) is 12.7 Å². The van der Waals surface area contributed by atoms with Crippen LogP contribution in [-0.2, 0) is 9.47 Å². The van der Waals surface area contributed by atoms with Crippen LogP contribution in [-0.4, -0.2) is 32.1 Å². The predicted octanol–water partition coefficient (Wildman–Crippen LogP) is 2.31. The molecule has 0 bridgehead atoms. The first-order valence-corrected chi connectivity index (χ1v) is 6.61. The van der Waals surface area contributed by atoms with E-state index in [1.165, 1.54) is 25.7 Å². The zero-order valence-corrected chi connectivity index (χ0v) is 10.6. The minimum absolute atomic E-state index is 0.353. The van der Waals surface area contributed by atoms with Crippen molar-refractivity contribution in [1.29, 1.82) is 0 Å². The summed E-state index contributed by atoms with van der Waals surface area (Å²) in [5, 5.41) is 3.70. The Morgan fingerprint density at radius 1 is 1.25 bits per heavy atom. The molecule has 0 aromatic heterocycles. The van der Waals surface area contributed by atoms with E-state index in [0.29, 0.717) is 24.4 Å². The number of ether oxygens (including phenoxy) is 2. The second-order valence-electron chi connectivity index (χ2n) is 5.80. The van der Waals surface area contributed by atoms with Crippen LogP contribution in [0, 0.1) is 5.41 Å². The van der Waals surface area contributed by atoms with Crippen LogP contribution in [0.4, 0.5) is 0 Å². The molecule has 1 N–H and O–H groups in total. The number of hydrogen-bond donors (Lipinski definition) is 1. The van der Waals surface area contributed by atoms with Crippen LogP contribution in [0.15, 0.2) is 0 Å². The van der Waals surface area contributed by atoms with Gasteiger partial charge >= 0.3 is 0 Å². The molecule has 0 spiro atoms. The van der Waals surface area contributed by atoms with Gasteiger partial charge in [-0.1, -0.05) is 26.7 Å². The summed E-state index contributed by atoms with van der Waals surface area (Å²) >= 11 is 0. The fraction of sp³-hybridized carbons (Fsp3) is 1.00. The predicted molar refractivity (Wildman–Crippen MR) is 64.3 cm³/mol. The molecule has 0 aromatic carbocycles. The average molecular weight is 227 g/mol. The van der Waals surface area contributed by atoms with Crippen molar-refractivity contribution in [2.45, 2.75) is 58.1 Å². The second-order valence-corrected chi connectivity index (χ2v) is 5.80. The van der Waals surface area contributed by atoms with Gasteiger partial charge < -0.3 is 14.8 Å². The van der Waals surface area contributed by atoms with Crippen LogP contribution in [0.5, 0.6) is 0 Å². The van der Waals surface area contributed by atoms with Crippen molar-refractivity contribution in [2.75, 3.05) is 19.9 Å². The summed E-state index contributed by atoms with van der Waals surface area (Å²) in [7, 11) is 0. The van der Waals surface area contributed by atoms with Crippen LogP contribution >= 0.6 is 0 Å². The minimum Gasteiger partial charge on any atom is -0.355 e. The molecule has 1 saturated carbocycles. The molecule has 2 fully saturated rings.